The van der Waals surface area contributed by atoms with E-state index in [0.29, 0.717) is 0 Å². The molecule has 0 saturated heterocycles. The molecule has 1 atom stereocenters. The average Bonchev–Trinajstić information content (AvgIpc) is 2.01. The molecule has 0 aliphatic carbocycles. The summed E-state index contributed by atoms with van der Waals surface area (Å²) >= 11 is 0. The molecule has 0 heterocycles. The maximum absolute atomic E-state index is 10.9. The van der Waals surface area contributed by atoms with Gasteiger partial charge in [-0.05, 0) is 6.92 Å². The second-order valence-electron chi connectivity index (χ2n) is 2.58. The molecule has 0 aromatic carbocycles. The number of carbonyl (C=O) groups excluding carboxylic acids is 3. The van der Waals surface area contributed by atoms with Crippen molar-refractivity contribution in [2.75, 3.05) is 0 Å². The Kier molecular flexibility index (Phi) is 5.21. The van der Waals surface area contributed by atoms with Crippen LogP contribution in [0.25, 0.3) is 0 Å². The van der Waals surface area contributed by atoms with Gasteiger partial charge in [0.2, 0.25) is 6.29 Å². The Labute approximate surface area is 81.7 Å². The molecule has 1 unspecified atom stereocenters. The smallest absolute Gasteiger partial charge is 0.333 e. The van der Waals surface area contributed by atoms with E-state index in [1.807, 2.05) is 0 Å². The molecule has 0 aromatic rings. The van der Waals surface area contributed by atoms with Gasteiger partial charge in [0.1, 0.15) is 12.2 Å². The van der Waals surface area contributed by atoms with Gasteiger partial charge in [-0.3, -0.25) is 9.59 Å². The minimum atomic E-state index is -1.01. The van der Waals surface area contributed by atoms with Crippen LogP contribution in [-0.4, -0.2) is 24.0 Å². The second-order valence-corrected chi connectivity index (χ2v) is 2.58. The Morgan fingerprint density at radius 3 is 2.36 bits per heavy atom. The number of ether oxygens (including phenoxy) is 2. The molecule has 5 heteroatoms. The molecule has 0 aromatic heterocycles. The molecule has 0 spiro atoms. The highest BCUT2D eigenvalue weighted by Gasteiger charge is 2.13. The van der Waals surface area contributed by atoms with Crippen molar-refractivity contribution in [2.45, 2.75) is 26.6 Å². The maximum atomic E-state index is 10.9. The lowest BCUT2D eigenvalue weighted by Gasteiger charge is -2.11. The topological polar surface area (TPSA) is 69.7 Å². The summed E-state index contributed by atoms with van der Waals surface area (Å²) in [4.78, 5) is 32.0. The van der Waals surface area contributed by atoms with E-state index in [2.05, 4.69) is 16.1 Å². The highest BCUT2D eigenvalue weighted by molar-refractivity contribution is 5.94. The largest absolute Gasteiger partial charge is 0.425 e. The molecule has 0 fully saturated rings. The first kappa shape index (κ1) is 12.3. The summed E-state index contributed by atoms with van der Waals surface area (Å²) in [7, 11) is 0. The zero-order valence-electron chi connectivity index (χ0n) is 8.11. The van der Waals surface area contributed by atoms with Crippen molar-refractivity contribution < 1.29 is 23.9 Å². The lowest BCUT2D eigenvalue weighted by atomic mass is 10.3. The summed E-state index contributed by atoms with van der Waals surface area (Å²) in [5.41, 5.74) is 0. The van der Waals surface area contributed by atoms with Crippen LogP contribution in [0.1, 0.15) is 20.3 Å². The number of esters is 2. The Balaban J connectivity index is 3.87. The third-order valence-corrected chi connectivity index (χ3v) is 1.14. The summed E-state index contributed by atoms with van der Waals surface area (Å²) in [5.74, 6) is -1.72. The molecule has 0 bridgehead atoms. The van der Waals surface area contributed by atoms with Crippen LogP contribution in [0, 0.1) is 0 Å². The molecular formula is C9H12O5. The summed E-state index contributed by atoms with van der Waals surface area (Å²) in [6, 6.07) is 0. The van der Waals surface area contributed by atoms with E-state index < -0.39 is 18.2 Å². The molecule has 0 radical (unpaired) electrons. The van der Waals surface area contributed by atoms with Gasteiger partial charge in [0.25, 0.3) is 0 Å². The van der Waals surface area contributed by atoms with Gasteiger partial charge in [0, 0.05) is 13.0 Å². The number of carbonyl (C=O) groups is 3. The van der Waals surface area contributed by atoms with E-state index in [-0.39, 0.29) is 12.2 Å². The van der Waals surface area contributed by atoms with Crippen molar-refractivity contribution in [2.24, 2.45) is 0 Å². The van der Waals surface area contributed by atoms with Gasteiger partial charge in [-0.1, -0.05) is 6.58 Å². The fraction of sp³-hybridized carbons (Fsp3) is 0.444. The monoisotopic (exact) mass is 200 g/mol. The maximum Gasteiger partial charge on any atom is 0.333 e. The van der Waals surface area contributed by atoms with E-state index in [1.165, 1.54) is 13.8 Å². The fourth-order valence-corrected chi connectivity index (χ4v) is 0.666. The van der Waals surface area contributed by atoms with Crippen molar-refractivity contribution in [3.63, 3.8) is 0 Å². The van der Waals surface area contributed by atoms with Crippen LogP contribution in [0.3, 0.4) is 0 Å². The molecular weight excluding hydrogens is 188 g/mol. The third-order valence-electron chi connectivity index (χ3n) is 1.14. The predicted molar refractivity (Wildman–Crippen MR) is 47.1 cm³/mol. The molecule has 0 N–H and O–H groups in total. The molecule has 0 rings (SSSR count). The molecule has 0 amide bonds. The van der Waals surface area contributed by atoms with Crippen molar-refractivity contribution in [3.8, 4) is 0 Å². The van der Waals surface area contributed by atoms with Gasteiger partial charge in [0.05, 0.1) is 0 Å². The first-order valence-corrected chi connectivity index (χ1v) is 3.97. The minimum absolute atomic E-state index is 0.308. The molecule has 14 heavy (non-hydrogen) atoms. The Bertz CT molecular complexity index is 256. The summed E-state index contributed by atoms with van der Waals surface area (Å²) < 4.78 is 9.12. The second kappa shape index (κ2) is 5.90. The Morgan fingerprint density at radius 1 is 1.36 bits per heavy atom. The first-order chi connectivity index (χ1) is 6.45. The van der Waals surface area contributed by atoms with Crippen LogP contribution in [0.2, 0.25) is 0 Å². The molecule has 0 aliphatic heterocycles. The zero-order chi connectivity index (χ0) is 11.1. The highest BCUT2D eigenvalue weighted by atomic mass is 16.7. The lowest BCUT2D eigenvalue weighted by molar-refractivity contribution is -0.180. The van der Waals surface area contributed by atoms with Gasteiger partial charge in [-0.25, -0.2) is 4.79 Å². The van der Waals surface area contributed by atoms with E-state index in [9.17, 15) is 14.4 Å². The van der Waals surface area contributed by atoms with Crippen molar-refractivity contribution in [3.05, 3.63) is 12.7 Å². The minimum Gasteiger partial charge on any atom is -0.425 e. The van der Waals surface area contributed by atoms with Gasteiger partial charge in [0.15, 0.2) is 0 Å². The SMILES string of the molecule is C=CC(=O)OC(C)OC(=O)CC(C)=O. The van der Waals surface area contributed by atoms with Crippen molar-refractivity contribution in [1.82, 2.24) is 0 Å². The zero-order valence-corrected chi connectivity index (χ0v) is 8.11. The molecule has 5 nitrogen and oxygen atoms in total. The third kappa shape index (κ3) is 5.93. The summed E-state index contributed by atoms with van der Waals surface area (Å²) in [6.45, 7) is 5.81. The number of Topliss-reactive ketones (excluding diaryl/α,β-unsaturated/α-hetero) is 1. The van der Waals surface area contributed by atoms with E-state index in [1.54, 1.807) is 0 Å². The van der Waals surface area contributed by atoms with Crippen LogP contribution in [-0.2, 0) is 23.9 Å². The number of hydrogen-bond donors (Lipinski definition) is 0. The predicted octanol–water partition coefficient (Wildman–Crippen LogP) is 0.584. The normalized spacial score (nSPS) is 11.3. The highest BCUT2D eigenvalue weighted by Crippen LogP contribution is 1.98. The van der Waals surface area contributed by atoms with Gasteiger partial charge < -0.3 is 9.47 Å². The van der Waals surface area contributed by atoms with Crippen LogP contribution >= 0.6 is 0 Å². The average molecular weight is 200 g/mol. The Morgan fingerprint density at radius 2 is 1.93 bits per heavy atom. The van der Waals surface area contributed by atoms with Gasteiger partial charge in [-0.15, -0.1) is 0 Å². The van der Waals surface area contributed by atoms with Gasteiger partial charge in [-0.2, -0.15) is 0 Å². The van der Waals surface area contributed by atoms with Crippen LogP contribution in [0.15, 0.2) is 12.7 Å². The first-order valence-electron chi connectivity index (χ1n) is 3.97. The van der Waals surface area contributed by atoms with E-state index in [0.717, 1.165) is 6.08 Å². The van der Waals surface area contributed by atoms with Crippen molar-refractivity contribution in [1.29, 1.82) is 0 Å². The Hall–Kier alpha value is -1.65. The lowest BCUT2D eigenvalue weighted by Crippen LogP contribution is -2.21. The number of ketones is 1. The molecule has 0 saturated carbocycles. The van der Waals surface area contributed by atoms with E-state index >= 15 is 0 Å². The molecule has 78 valence electrons. The van der Waals surface area contributed by atoms with Crippen LogP contribution in [0.5, 0.6) is 0 Å². The van der Waals surface area contributed by atoms with E-state index in [4.69, 9.17) is 0 Å². The standard InChI is InChI=1S/C9H12O5/c1-4-8(11)13-7(3)14-9(12)5-6(2)10/h4,7H,1,5H2,2-3H3. The van der Waals surface area contributed by atoms with Crippen LogP contribution < -0.4 is 0 Å². The number of hydrogen-bond acceptors (Lipinski definition) is 5. The van der Waals surface area contributed by atoms with Crippen molar-refractivity contribution >= 4 is 17.7 Å². The molecule has 0 aliphatic rings. The number of rotatable bonds is 5. The summed E-state index contributed by atoms with van der Waals surface area (Å²) in [6.07, 6.45) is -0.377. The fourth-order valence-electron chi connectivity index (χ4n) is 0.666. The quantitative estimate of drug-likeness (QED) is 0.281. The van der Waals surface area contributed by atoms with Gasteiger partial charge >= 0.3 is 11.9 Å². The van der Waals surface area contributed by atoms with Crippen LogP contribution in [0.4, 0.5) is 0 Å². The summed E-state index contributed by atoms with van der Waals surface area (Å²) in [5, 5.41) is 0.